The zero-order valence-corrected chi connectivity index (χ0v) is 14.1. The summed E-state index contributed by atoms with van der Waals surface area (Å²) in [6.07, 6.45) is 0.526. The maximum absolute atomic E-state index is 12.0. The van der Waals surface area contributed by atoms with Crippen LogP contribution in [0.3, 0.4) is 0 Å². The number of nitrogens with one attached hydrogen (secondary N) is 1. The predicted molar refractivity (Wildman–Crippen MR) is 94.4 cm³/mol. The lowest BCUT2D eigenvalue weighted by molar-refractivity contribution is -0.116. The molecular weight excluding hydrogens is 332 g/mol. The van der Waals surface area contributed by atoms with Gasteiger partial charge in [-0.1, -0.05) is 12.1 Å². The van der Waals surface area contributed by atoms with Crippen molar-refractivity contribution in [1.82, 2.24) is 10.2 Å². The Kier molecular flexibility index (Phi) is 5.25. The minimum Gasteiger partial charge on any atom is -0.496 e. The van der Waals surface area contributed by atoms with Crippen molar-refractivity contribution in [2.75, 3.05) is 12.4 Å². The Balaban J connectivity index is 1.59. The minimum absolute atomic E-state index is 0.174. The van der Waals surface area contributed by atoms with Crippen LogP contribution in [0.2, 0.25) is 0 Å². The number of rotatable bonds is 6. The molecule has 1 amide bonds. The lowest BCUT2D eigenvalue weighted by Gasteiger charge is -2.04. The molecule has 7 heteroatoms. The molecule has 7 nitrogen and oxygen atoms in total. The van der Waals surface area contributed by atoms with E-state index in [9.17, 15) is 4.79 Å². The molecule has 0 radical (unpaired) electrons. The standard InChI is InChI=1S/C19H16N4O3/c1-25-16-5-3-2-4-15(16)19-23-22-18(26-19)11-10-17(24)21-14-8-6-13(12-20)7-9-14/h2-9H,10-11H2,1H3,(H,21,24). The summed E-state index contributed by atoms with van der Waals surface area (Å²) in [7, 11) is 1.57. The van der Waals surface area contributed by atoms with Gasteiger partial charge in [-0.05, 0) is 36.4 Å². The van der Waals surface area contributed by atoms with E-state index in [1.54, 1.807) is 31.4 Å². The predicted octanol–water partition coefficient (Wildman–Crippen LogP) is 3.19. The van der Waals surface area contributed by atoms with E-state index >= 15 is 0 Å². The molecule has 0 saturated heterocycles. The van der Waals surface area contributed by atoms with Crippen LogP contribution in [0.4, 0.5) is 5.69 Å². The van der Waals surface area contributed by atoms with Gasteiger partial charge < -0.3 is 14.5 Å². The second-order valence-corrected chi connectivity index (χ2v) is 5.44. The Labute approximate surface area is 150 Å². The number of nitrogens with zero attached hydrogens (tertiary/aromatic N) is 3. The van der Waals surface area contributed by atoms with Crippen molar-refractivity contribution < 1.29 is 13.9 Å². The number of ether oxygens (including phenoxy) is 1. The van der Waals surface area contributed by atoms with E-state index in [4.69, 9.17) is 14.4 Å². The summed E-state index contributed by atoms with van der Waals surface area (Å²) in [4.78, 5) is 12.0. The first-order chi connectivity index (χ1) is 12.7. The fraction of sp³-hybridized carbons (Fsp3) is 0.158. The van der Waals surface area contributed by atoms with E-state index in [0.717, 1.165) is 0 Å². The summed E-state index contributed by atoms with van der Waals surface area (Å²) in [5.74, 6) is 1.19. The van der Waals surface area contributed by atoms with Gasteiger partial charge in [0.15, 0.2) is 0 Å². The van der Waals surface area contributed by atoms with Gasteiger partial charge in [-0.3, -0.25) is 4.79 Å². The van der Waals surface area contributed by atoms with Crippen LogP contribution < -0.4 is 10.1 Å². The molecule has 0 fully saturated rings. The van der Waals surface area contributed by atoms with Gasteiger partial charge in [-0.15, -0.1) is 10.2 Å². The highest BCUT2D eigenvalue weighted by atomic mass is 16.5. The molecule has 0 aliphatic carbocycles. The molecule has 3 aromatic rings. The number of benzene rings is 2. The van der Waals surface area contributed by atoms with E-state index in [1.165, 1.54) is 0 Å². The van der Waals surface area contributed by atoms with Crippen molar-refractivity contribution in [2.45, 2.75) is 12.8 Å². The fourth-order valence-corrected chi connectivity index (χ4v) is 2.36. The summed E-state index contributed by atoms with van der Waals surface area (Å²) >= 11 is 0. The maximum Gasteiger partial charge on any atom is 0.251 e. The number of aryl methyl sites for hydroxylation is 1. The number of hydrogen-bond acceptors (Lipinski definition) is 6. The molecule has 130 valence electrons. The zero-order chi connectivity index (χ0) is 18.4. The zero-order valence-electron chi connectivity index (χ0n) is 14.1. The van der Waals surface area contributed by atoms with E-state index in [-0.39, 0.29) is 12.3 Å². The number of carbonyl (C=O) groups is 1. The molecule has 0 unspecified atom stereocenters. The average molecular weight is 348 g/mol. The van der Waals surface area contributed by atoms with Crippen LogP contribution in [0.5, 0.6) is 5.75 Å². The number of amides is 1. The smallest absolute Gasteiger partial charge is 0.251 e. The minimum atomic E-state index is -0.174. The number of nitriles is 1. The third-order valence-electron chi connectivity index (χ3n) is 3.67. The van der Waals surface area contributed by atoms with E-state index in [1.807, 2.05) is 30.3 Å². The number of aromatic nitrogens is 2. The molecule has 0 aliphatic rings. The number of carbonyl (C=O) groups excluding carboxylic acids is 1. The summed E-state index contributed by atoms with van der Waals surface area (Å²) < 4.78 is 10.9. The van der Waals surface area contributed by atoms with Crippen LogP contribution in [0, 0.1) is 11.3 Å². The maximum atomic E-state index is 12.0. The molecule has 26 heavy (non-hydrogen) atoms. The third-order valence-corrected chi connectivity index (χ3v) is 3.67. The number of para-hydroxylation sites is 1. The number of hydrogen-bond donors (Lipinski definition) is 1. The Morgan fingerprint density at radius 2 is 1.96 bits per heavy atom. The molecule has 0 saturated carbocycles. The molecule has 1 aromatic heterocycles. The summed E-state index contributed by atoms with van der Waals surface area (Å²) in [5.41, 5.74) is 1.88. The van der Waals surface area contributed by atoms with E-state index < -0.39 is 0 Å². The summed E-state index contributed by atoms with van der Waals surface area (Å²) in [6.45, 7) is 0. The van der Waals surface area contributed by atoms with Crippen molar-refractivity contribution in [1.29, 1.82) is 5.26 Å². The lowest BCUT2D eigenvalue weighted by atomic mass is 10.2. The Hall–Kier alpha value is -3.66. The van der Waals surface area contributed by atoms with Gasteiger partial charge in [0.25, 0.3) is 5.89 Å². The van der Waals surface area contributed by atoms with E-state index in [0.29, 0.717) is 40.8 Å². The first kappa shape index (κ1) is 17.2. The van der Waals surface area contributed by atoms with Gasteiger partial charge in [0.1, 0.15) is 5.75 Å². The van der Waals surface area contributed by atoms with Crippen LogP contribution >= 0.6 is 0 Å². The monoisotopic (exact) mass is 348 g/mol. The molecule has 1 heterocycles. The van der Waals surface area contributed by atoms with Crippen LogP contribution in [-0.4, -0.2) is 23.2 Å². The van der Waals surface area contributed by atoms with Crippen molar-refractivity contribution in [3.05, 3.63) is 60.0 Å². The van der Waals surface area contributed by atoms with Gasteiger partial charge >= 0.3 is 0 Å². The topological polar surface area (TPSA) is 101 Å². The van der Waals surface area contributed by atoms with Crippen LogP contribution in [0.15, 0.2) is 52.9 Å². The highest BCUT2D eigenvalue weighted by Gasteiger charge is 2.14. The molecule has 2 aromatic carbocycles. The first-order valence-electron chi connectivity index (χ1n) is 7.95. The van der Waals surface area contributed by atoms with Crippen molar-refractivity contribution in [3.63, 3.8) is 0 Å². The highest BCUT2D eigenvalue weighted by Crippen LogP contribution is 2.28. The van der Waals surface area contributed by atoms with Crippen LogP contribution in [0.1, 0.15) is 17.9 Å². The molecule has 1 N–H and O–H groups in total. The van der Waals surface area contributed by atoms with Crippen LogP contribution in [0.25, 0.3) is 11.5 Å². The summed E-state index contributed by atoms with van der Waals surface area (Å²) in [6, 6.07) is 16.0. The Morgan fingerprint density at radius 1 is 1.19 bits per heavy atom. The van der Waals surface area contributed by atoms with Crippen molar-refractivity contribution >= 4 is 11.6 Å². The molecule has 0 atom stereocenters. The second-order valence-electron chi connectivity index (χ2n) is 5.44. The summed E-state index contributed by atoms with van der Waals surface area (Å²) in [5, 5.41) is 19.5. The van der Waals surface area contributed by atoms with Crippen LogP contribution in [-0.2, 0) is 11.2 Å². The second kappa shape index (κ2) is 7.94. The van der Waals surface area contributed by atoms with Gasteiger partial charge in [0.2, 0.25) is 11.8 Å². The molecular formula is C19H16N4O3. The number of anilines is 1. The Morgan fingerprint density at radius 3 is 2.69 bits per heavy atom. The van der Waals surface area contributed by atoms with Crippen molar-refractivity contribution in [3.8, 4) is 23.3 Å². The molecule has 0 bridgehead atoms. The molecule has 0 spiro atoms. The average Bonchev–Trinajstić information content (AvgIpc) is 3.16. The molecule has 0 aliphatic heterocycles. The van der Waals surface area contributed by atoms with Gasteiger partial charge in [-0.2, -0.15) is 5.26 Å². The number of methoxy groups -OCH3 is 1. The van der Waals surface area contributed by atoms with Gasteiger partial charge in [0.05, 0.1) is 24.3 Å². The largest absolute Gasteiger partial charge is 0.496 e. The molecule has 3 rings (SSSR count). The van der Waals surface area contributed by atoms with Gasteiger partial charge in [-0.25, -0.2) is 0 Å². The van der Waals surface area contributed by atoms with Gasteiger partial charge in [0, 0.05) is 18.5 Å². The highest BCUT2D eigenvalue weighted by molar-refractivity contribution is 5.90. The van der Waals surface area contributed by atoms with E-state index in [2.05, 4.69) is 15.5 Å². The first-order valence-corrected chi connectivity index (χ1v) is 7.95. The normalized spacial score (nSPS) is 10.2. The Bertz CT molecular complexity index is 942. The SMILES string of the molecule is COc1ccccc1-c1nnc(CCC(=O)Nc2ccc(C#N)cc2)o1. The third kappa shape index (κ3) is 4.05. The quantitative estimate of drug-likeness (QED) is 0.734. The van der Waals surface area contributed by atoms with Crippen molar-refractivity contribution in [2.24, 2.45) is 0 Å². The fourth-order valence-electron chi connectivity index (χ4n) is 2.36. The lowest BCUT2D eigenvalue weighted by Crippen LogP contribution is -2.12.